The Bertz CT molecular complexity index is 108. The van der Waals surface area contributed by atoms with Gasteiger partial charge in [0.05, 0.1) is 0 Å². The summed E-state index contributed by atoms with van der Waals surface area (Å²) in [5.41, 5.74) is 0. The lowest BCUT2D eigenvalue weighted by Gasteiger charge is -2.21. The van der Waals surface area contributed by atoms with Gasteiger partial charge in [0.25, 0.3) is 0 Å². The van der Waals surface area contributed by atoms with E-state index in [2.05, 4.69) is 22.8 Å². The number of fused-ring (bicyclic) bond motifs is 2. The van der Waals surface area contributed by atoms with Crippen molar-refractivity contribution in [3.05, 3.63) is 12.2 Å². The van der Waals surface area contributed by atoms with Crippen molar-refractivity contribution in [2.45, 2.75) is 12.1 Å². The van der Waals surface area contributed by atoms with Gasteiger partial charge in [-0.3, -0.25) is 0 Å². The van der Waals surface area contributed by atoms with E-state index in [1.165, 1.54) is 0 Å². The highest BCUT2D eigenvalue weighted by atomic mass is 15.1. The molecule has 0 aromatic carbocycles. The highest BCUT2D eigenvalue weighted by molar-refractivity contribution is 5.12. The van der Waals surface area contributed by atoms with E-state index in [0.29, 0.717) is 12.1 Å². The minimum absolute atomic E-state index is 0.619. The number of nitrogens with one attached hydrogen (secondary N) is 2. The van der Waals surface area contributed by atoms with Crippen LogP contribution in [0.1, 0.15) is 0 Å². The molecule has 1 saturated heterocycles. The first-order chi connectivity index (χ1) is 3.95. The molecule has 2 heteroatoms. The van der Waals surface area contributed by atoms with Crippen LogP contribution in [0.15, 0.2) is 12.2 Å². The third-order valence-electron chi connectivity index (χ3n) is 1.73. The van der Waals surface area contributed by atoms with Gasteiger partial charge in [-0.2, -0.15) is 0 Å². The van der Waals surface area contributed by atoms with Crippen molar-refractivity contribution in [1.29, 1.82) is 0 Å². The molecule has 0 unspecified atom stereocenters. The Kier molecular flexibility index (Phi) is 0.889. The SMILES string of the molecule is C1=C[C@H]2CNC[C@@H]1N2. The molecular formula is C6H10N2. The molecule has 2 rings (SSSR count). The molecule has 0 aromatic heterocycles. The summed E-state index contributed by atoms with van der Waals surface area (Å²) in [6, 6.07) is 1.24. The number of rotatable bonds is 0. The maximum atomic E-state index is 3.42. The van der Waals surface area contributed by atoms with Gasteiger partial charge in [-0.1, -0.05) is 12.2 Å². The predicted octanol–water partition coefficient (Wildman–Crippen LogP) is -0.514. The van der Waals surface area contributed by atoms with Crippen molar-refractivity contribution >= 4 is 0 Å². The van der Waals surface area contributed by atoms with Crippen molar-refractivity contribution in [2.24, 2.45) is 0 Å². The van der Waals surface area contributed by atoms with Crippen LogP contribution in [0, 0.1) is 0 Å². The second kappa shape index (κ2) is 1.57. The summed E-state index contributed by atoms with van der Waals surface area (Å²) in [6.45, 7) is 2.21. The number of hydrogen-bond acceptors (Lipinski definition) is 2. The highest BCUT2D eigenvalue weighted by Gasteiger charge is 2.20. The predicted molar refractivity (Wildman–Crippen MR) is 32.7 cm³/mol. The van der Waals surface area contributed by atoms with Crippen molar-refractivity contribution < 1.29 is 0 Å². The number of hydrogen-bond donors (Lipinski definition) is 2. The summed E-state index contributed by atoms with van der Waals surface area (Å²) < 4.78 is 0. The van der Waals surface area contributed by atoms with Gasteiger partial charge in [-0.15, -0.1) is 0 Å². The van der Waals surface area contributed by atoms with Crippen LogP contribution in [0.3, 0.4) is 0 Å². The van der Waals surface area contributed by atoms with E-state index < -0.39 is 0 Å². The first-order valence-electron chi connectivity index (χ1n) is 3.10. The van der Waals surface area contributed by atoms with Gasteiger partial charge in [-0.05, 0) is 0 Å². The standard InChI is InChI=1S/C6H10N2/c1-2-6-4-7-3-5(1)8-6/h1-2,5-8H,3-4H2/t5-,6+. The second-order valence-electron chi connectivity index (χ2n) is 2.42. The average Bonchev–Trinajstić information content (AvgIpc) is 2.12. The van der Waals surface area contributed by atoms with E-state index in [1.807, 2.05) is 0 Å². The highest BCUT2D eigenvalue weighted by Crippen LogP contribution is 2.04. The zero-order valence-corrected chi connectivity index (χ0v) is 4.72. The van der Waals surface area contributed by atoms with Gasteiger partial charge in [0, 0.05) is 25.2 Å². The lowest BCUT2D eigenvalue weighted by atomic mass is 10.3. The van der Waals surface area contributed by atoms with Gasteiger partial charge >= 0.3 is 0 Å². The zero-order valence-electron chi connectivity index (χ0n) is 4.72. The quantitative estimate of drug-likeness (QED) is 0.410. The minimum atomic E-state index is 0.619. The van der Waals surface area contributed by atoms with Gasteiger partial charge in [0.2, 0.25) is 0 Å². The third kappa shape index (κ3) is 0.572. The fourth-order valence-electron chi connectivity index (χ4n) is 1.30. The van der Waals surface area contributed by atoms with Crippen LogP contribution < -0.4 is 10.6 Å². The molecule has 0 spiro atoms. The van der Waals surface area contributed by atoms with Gasteiger partial charge in [0.15, 0.2) is 0 Å². The van der Waals surface area contributed by atoms with E-state index in [1.54, 1.807) is 0 Å². The van der Waals surface area contributed by atoms with Gasteiger partial charge < -0.3 is 10.6 Å². The Labute approximate surface area is 49.0 Å². The lowest BCUT2D eigenvalue weighted by molar-refractivity contribution is 0.444. The summed E-state index contributed by atoms with van der Waals surface area (Å²) >= 11 is 0. The molecule has 44 valence electrons. The second-order valence-corrected chi connectivity index (χ2v) is 2.42. The Hall–Kier alpha value is -0.340. The molecular weight excluding hydrogens is 100 g/mol. The summed E-state index contributed by atoms with van der Waals surface area (Å²) in [5.74, 6) is 0. The lowest BCUT2D eigenvalue weighted by Crippen LogP contribution is -2.49. The van der Waals surface area contributed by atoms with Crippen molar-refractivity contribution in [1.82, 2.24) is 10.6 Å². The third-order valence-corrected chi connectivity index (χ3v) is 1.73. The van der Waals surface area contributed by atoms with Crippen LogP contribution in [0.25, 0.3) is 0 Å². The minimum Gasteiger partial charge on any atom is -0.313 e. The summed E-state index contributed by atoms with van der Waals surface area (Å²) in [4.78, 5) is 0. The Balaban J connectivity index is 2.13. The Morgan fingerprint density at radius 1 is 1.12 bits per heavy atom. The van der Waals surface area contributed by atoms with Crippen molar-refractivity contribution in [3.63, 3.8) is 0 Å². The molecule has 0 radical (unpaired) electrons. The molecule has 8 heavy (non-hydrogen) atoms. The van der Waals surface area contributed by atoms with Crippen LogP contribution in [0.4, 0.5) is 0 Å². The van der Waals surface area contributed by atoms with E-state index in [9.17, 15) is 0 Å². The fraction of sp³-hybridized carbons (Fsp3) is 0.667. The largest absolute Gasteiger partial charge is 0.313 e. The van der Waals surface area contributed by atoms with Crippen LogP contribution in [-0.4, -0.2) is 25.2 Å². The monoisotopic (exact) mass is 110 g/mol. The molecule has 2 bridgehead atoms. The molecule has 2 atom stereocenters. The number of piperazine rings is 1. The molecule has 2 aliphatic rings. The van der Waals surface area contributed by atoms with Crippen LogP contribution in [-0.2, 0) is 0 Å². The first kappa shape index (κ1) is 4.53. The smallest absolute Gasteiger partial charge is 0.0382 e. The molecule has 2 heterocycles. The normalized spacial score (nSPS) is 43.0. The Morgan fingerprint density at radius 3 is 2.25 bits per heavy atom. The van der Waals surface area contributed by atoms with Crippen molar-refractivity contribution in [3.8, 4) is 0 Å². The molecule has 1 fully saturated rings. The summed E-state index contributed by atoms with van der Waals surface area (Å²) in [6.07, 6.45) is 4.48. The van der Waals surface area contributed by atoms with Gasteiger partial charge in [-0.25, -0.2) is 0 Å². The van der Waals surface area contributed by atoms with E-state index in [4.69, 9.17) is 0 Å². The maximum absolute atomic E-state index is 3.42. The molecule has 0 amide bonds. The molecule has 0 aromatic rings. The van der Waals surface area contributed by atoms with E-state index >= 15 is 0 Å². The molecule has 0 aliphatic carbocycles. The maximum Gasteiger partial charge on any atom is 0.0382 e. The van der Waals surface area contributed by atoms with E-state index in [-0.39, 0.29) is 0 Å². The van der Waals surface area contributed by atoms with E-state index in [0.717, 1.165) is 13.1 Å². The molecule has 0 saturated carbocycles. The molecule has 2 aliphatic heterocycles. The summed E-state index contributed by atoms with van der Waals surface area (Å²) in [5, 5.41) is 6.74. The zero-order chi connectivity index (χ0) is 5.40. The van der Waals surface area contributed by atoms with Crippen LogP contribution in [0.2, 0.25) is 0 Å². The molecule has 2 nitrogen and oxygen atoms in total. The molecule has 2 N–H and O–H groups in total. The van der Waals surface area contributed by atoms with Crippen LogP contribution in [0.5, 0.6) is 0 Å². The first-order valence-corrected chi connectivity index (χ1v) is 3.10. The van der Waals surface area contributed by atoms with Crippen molar-refractivity contribution in [2.75, 3.05) is 13.1 Å². The Morgan fingerprint density at radius 2 is 1.75 bits per heavy atom. The van der Waals surface area contributed by atoms with Gasteiger partial charge in [0.1, 0.15) is 0 Å². The topological polar surface area (TPSA) is 24.1 Å². The average molecular weight is 110 g/mol. The fourth-order valence-corrected chi connectivity index (χ4v) is 1.30. The summed E-state index contributed by atoms with van der Waals surface area (Å²) in [7, 11) is 0. The van der Waals surface area contributed by atoms with Crippen LogP contribution >= 0.6 is 0 Å².